The minimum atomic E-state index is -1.36. The second-order valence-corrected chi connectivity index (χ2v) is 7.93. The van der Waals surface area contributed by atoms with E-state index >= 15 is 0 Å². The van der Waals surface area contributed by atoms with Gasteiger partial charge in [-0.1, -0.05) is 36.4 Å². The van der Waals surface area contributed by atoms with E-state index in [1.54, 1.807) is 60.7 Å². The highest BCUT2D eigenvalue weighted by Crippen LogP contribution is 2.33. The van der Waals surface area contributed by atoms with E-state index in [4.69, 9.17) is 4.74 Å². The van der Waals surface area contributed by atoms with Gasteiger partial charge in [0.2, 0.25) is 0 Å². The average molecular weight is 475 g/mol. The number of nitrogens with zero attached hydrogens (tertiary/aromatic N) is 5. The fourth-order valence-electron chi connectivity index (χ4n) is 4.00. The fourth-order valence-corrected chi connectivity index (χ4v) is 4.00. The van der Waals surface area contributed by atoms with Crippen LogP contribution in [-0.2, 0) is 4.74 Å². The van der Waals surface area contributed by atoms with Crippen LogP contribution in [0.3, 0.4) is 0 Å². The molecule has 0 bridgehead atoms. The van der Waals surface area contributed by atoms with Gasteiger partial charge in [0.05, 0.1) is 12.9 Å². The standard InChI is InChI=1S/C24H21N5O6/c30-11-16-18(31)19(32)24(35-16)28-13-27-17-20(28)25-12-26-21(17)29(22(33)14-7-3-1-4-8-14)23(34)15-9-5-2-6-10-15/h1-10,12-13,16,18-19,24,30-32H,11H2/t16-,18-,19-,24-/m1/s1. The van der Waals surface area contributed by atoms with Gasteiger partial charge < -0.3 is 20.1 Å². The minimum absolute atomic E-state index is 0.0526. The Balaban J connectivity index is 1.62. The van der Waals surface area contributed by atoms with Gasteiger partial charge in [0.1, 0.15) is 24.6 Å². The number of imide groups is 1. The Morgan fingerprint density at radius 2 is 1.49 bits per heavy atom. The van der Waals surface area contributed by atoms with Gasteiger partial charge in [-0.25, -0.2) is 19.9 Å². The van der Waals surface area contributed by atoms with Crippen LogP contribution in [0, 0.1) is 0 Å². The first-order valence-corrected chi connectivity index (χ1v) is 10.8. The Morgan fingerprint density at radius 1 is 0.886 bits per heavy atom. The number of aromatic nitrogens is 4. The van der Waals surface area contributed by atoms with E-state index in [0.29, 0.717) is 0 Å². The molecule has 4 atom stereocenters. The summed E-state index contributed by atoms with van der Waals surface area (Å²) in [5.74, 6) is -1.27. The Labute approximate surface area is 198 Å². The molecular formula is C24H21N5O6. The molecule has 0 spiro atoms. The number of carbonyl (C=O) groups excluding carboxylic acids is 2. The maximum absolute atomic E-state index is 13.5. The van der Waals surface area contributed by atoms with E-state index in [0.717, 1.165) is 4.90 Å². The molecule has 0 unspecified atom stereocenters. The molecule has 1 fully saturated rings. The topological polar surface area (TPSA) is 151 Å². The van der Waals surface area contributed by atoms with Crippen LogP contribution in [0.5, 0.6) is 0 Å². The highest BCUT2D eigenvalue weighted by Gasteiger charge is 2.44. The predicted molar refractivity (Wildman–Crippen MR) is 122 cm³/mol. The number of ether oxygens (including phenoxy) is 1. The third kappa shape index (κ3) is 3.96. The van der Waals surface area contributed by atoms with Crippen molar-refractivity contribution in [3.05, 3.63) is 84.4 Å². The van der Waals surface area contributed by atoms with Crippen LogP contribution >= 0.6 is 0 Å². The van der Waals surface area contributed by atoms with E-state index in [9.17, 15) is 24.9 Å². The van der Waals surface area contributed by atoms with Crippen LogP contribution in [0.1, 0.15) is 26.9 Å². The number of carbonyl (C=O) groups is 2. The molecule has 11 heteroatoms. The highest BCUT2D eigenvalue weighted by atomic mass is 16.6. The van der Waals surface area contributed by atoms with Crippen LogP contribution in [0.2, 0.25) is 0 Å². The van der Waals surface area contributed by atoms with E-state index in [2.05, 4.69) is 15.0 Å². The van der Waals surface area contributed by atoms with Crippen molar-refractivity contribution in [2.24, 2.45) is 0 Å². The van der Waals surface area contributed by atoms with Crippen LogP contribution in [0.4, 0.5) is 5.82 Å². The Kier molecular flexibility index (Phi) is 6.05. The van der Waals surface area contributed by atoms with Crippen molar-refractivity contribution in [2.45, 2.75) is 24.5 Å². The second-order valence-electron chi connectivity index (χ2n) is 7.93. The summed E-state index contributed by atoms with van der Waals surface area (Å²) in [5.41, 5.74) is 0.813. The van der Waals surface area contributed by atoms with Gasteiger partial charge in [-0.3, -0.25) is 14.2 Å². The summed E-state index contributed by atoms with van der Waals surface area (Å²) in [6.07, 6.45) is -2.31. The zero-order chi connectivity index (χ0) is 24.5. The molecule has 3 heterocycles. The largest absolute Gasteiger partial charge is 0.394 e. The average Bonchev–Trinajstić information content (AvgIpc) is 3.46. The zero-order valence-electron chi connectivity index (χ0n) is 18.2. The van der Waals surface area contributed by atoms with E-state index in [1.807, 2.05) is 0 Å². The number of hydrogen-bond donors (Lipinski definition) is 3. The number of anilines is 1. The lowest BCUT2D eigenvalue weighted by atomic mass is 10.1. The smallest absolute Gasteiger partial charge is 0.266 e. The molecule has 11 nitrogen and oxygen atoms in total. The molecule has 0 aliphatic carbocycles. The summed E-state index contributed by atoms with van der Waals surface area (Å²) < 4.78 is 6.95. The lowest BCUT2D eigenvalue weighted by Crippen LogP contribution is -2.38. The third-order valence-electron chi connectivity index (χ3n) is 5.79. The number of benzene rings is 2. The summed E-state index contributed by atoms with van der Waals surface area (Å²) in [6.45, 7) is -0.494. The number of aliphatic hydroxyl groups is 3. The van der Waals surface area contributed by atoms with Gasteiger partial charge in [0, 0.05) is 11.1 Å². The zero-order valence-corrected chi connectivity index (χ0v) is 18.2. The predicted octanol–water partition coefficient (Wildman–Crippen LogP) is 0.925. The summed E-state index contributed by atoms with van der Waals surface area (Å²) in [5, 5.41) is 30.0. The van der Waals surface area contributed by atoms with Crippen molar-refractivity contribution < 1.29 is 29.6 Å². The normalized spacial score (nSPS) is 21.8. The van der Waals surface area contributed by atoms with Crippen molar-refractivity contribution in [3.8, 4) is 0 Å². The quantitative estimate of drug-likeness (QED) is 0.358. The van der Waals surface area contributed by atoms with Crippen molar-refractivity contribution in [3.63, 3.8) is 0 Å². The molecule has 1 saturated heterocycles. The first-order chi connectivity index (χ1) is 17.0. The number of rotatable bonds is 5. The molecule has 1 aliphatic heterocycles. The fraction of sp³-hybridized carbons (Fsp3) is 0.208. The Morgan fingerprint density at radius 3 is 2.03 bits per heavy atom. The monoisotopic (exact) mass is 475 g/mol. The summed E-state index contributed by atoms with van der Waals surface area (Å²) in [4.78, 5) is 40.7. The van der Waals surface area contributed by atoms with Crippen LogP contribution < -0.4 is 4.90 Å². The minimum Gasteiger partial charge on any atom is -0.394 e. The Bertz CT molecular complexity index is 1310. The molecular weight excluding hydrogens is 454 g/mol. The van der Waals surface area contributed by atoms with Gasteiger partial charge in [-0.2, -0.15) is 0 Å². The van der Waals surface area contributed by atoms with E-state index in [1.165, 1.54) is 17.2 Å². The molecule has 178 valence electrons. The van der Waals surface area contributed by atoms with Crippen molar-refractivity contribution in [2.75, 3.05) is 11.5 Å². The van der Waals surface area contributed by atoms with Gasteiger partial charge in [0.15, 0.2) is 23.2 Å². The van der Waals surface area contributed by atoms with Crippen LogP contribution in [-0.4, -0.2) is 71.6 Å². The second kappa shape index (κ2) is 9.31. The number of fused-ring (bicyclic) bond motifs is 1. The summed E-state index contributed by atoms with van der Waals surface area (Å²) >= 11 is 0. The number of aliphatic hydroxyl groups excluding tert-OH is 3. The molecule has 0 radical (unpaired) electrons. The van der Waals surface area contributed by atoms with E-state index < -0.39 is 43.0 Å². The van der Waals surface area contributed by atoms with Crippen molar-refractivity contribution >= 4 is 28.8 Å². The number of hydrogen-bond acceptors (Lipinski definition) is 9. The first kappa shape index (κ1) is 22.7. The van der Waals surface area contributed by atoms with Gasteiger partial charge in [-0.15, -0.1) is 0 Å². The maximum Gasteiger partial charge on any atom is 0.266 e. The molecule has 4 aromatic rings. The lowest BCUT2D eigenvalue weighted by molar-refractivity contribution is -0.0511. The van der Waals surface area contributed by atoms with Crippen LogP contribution in [0.25, 0.3) is 11.2 Å². The third-order valence-corrected chi connectivity index (χ3v) is 5.79. The molecule has 2 aromatic heterocycles. The molecule has 5 rings (SSSR count). The summed E-state index contributed by atoms with van der Waals surface area (Å²) in [7, 11) is 0. The molecule has 2 amide bonds. The number of imidazole rings is 1. The van der Waals surface area contributed by atoms with Gasteiger partial charge in [0.25, 0.3) is 11.8 Å². The molecule has 1 aliphatic rings. The van der Waals surface area contributed by atoms with Crippen molar-refractivity contribution in [1.29, 1.82) is 0 Å². The van der Waals surface area contributed by atoms with Gasteiger partial charge in [-0.05, 0) is 24.3 Å². The maximum atomic E-state index is 13.5. The molecule has 2 aromatic carbocycles. The van der Waals surface area contributed by atoms with Crippen molar-refractivity contribution in [1.82, 2.24) is 19.5 Å². The SMILES string of the molecule is O=C(c1ccccc1)N(C(=O)c1ccccc1)c1ncnc2c1ncn2[C@@H]1O[C@H](CO)[C@@H](O)[C@H]1O. The highest BCUT2D eigenvalue weighted by molar-refractivity contribution is 6.27. The van der Waals surface area contributed by atoms with E-state index in [-0.39, 0.29) is 28.1 Å². The molecule has 35 heavy (non-hydrogen) atoms. The number of amides is 2. The first-order valence-electron chi connectivity index (χ1n) is 10.8. The lowest BCUT2D eigenvalue weighted by Gasteiger charge is -2.21. The summed E-state index contributed by atoms with van der Waals surface area (Å²) in [6, 6.07) is 16.6. The molecule has 3 N–H and O–H groups in total. The Hall–Kier alpha value is -4.03. The van der Waals surface area contributed by atoms with Gasteiger partial charge >= 0.3 is 0 Å². The molecule has 0 saturated carbocycles. The van der Waals surface area contributed by atoms with Crippen LogP contribution in [0.15, 0.2) is 73.3 Å².